The van der Waals surface area contributed by atoms with E-state index in [9.17, 15) is 9.59 Å². The van der Waals surface area contributed by atoms with E-state index in [1.54, 1.807) is 24.3 Å². The van der Waals surface area contributed by atoms with Gasteiger partial charge in [0.05, 0.1) is 22.8 Å². The van der Waals surface area contributed by atoms with Crippen molar-refractivity contribution in [2.24, 2.45) is 0 Å². The highest BCUT2D eigenvalue weighted by Crippen LogP contribution is 2.30. The smallest absolute Gasteiger partial charge is 0.339 e. The van der Waals surface area contributed by atoms with Crippen molar-refractivity contribution >= 4 is 33.5 Å². The zero-order valence-electron chi connectivity index (χ0n) is 13.7. The van der Waals surface area contributed by atoms with E-state index in [2.05, 4.69) is 21.2 Å². The second kappa shape index (κ2) is 7.97. The molecule has 0 aliphatic rings. The normalized spacial score (nSPS) is 10.2. The number of esters is 1. The largest absolute Gasteiger partial charge is 0.482 e. The summed E-state index contributed by atoms with van der Waals surface area (Å²) in [5.41, 5.74) is 2.71. The van der Waals surface area contributed by atoms with Crippen LogP contribution in [0.15, 0.2) is 40.9 Å². The maximum atomic E-state index is 12.1. The quantitative estimate of drug-likeness (QED) is 0.785. The van der Waals surface area contributed by atoms with E-state index in [-0.39, 0.29) is 12.5 Å². The summed E-state index contributed by atoms with van der Waals surface area (Å²) in [5.74, 6) is -0.251. The summed E-state index contributed by atoms with van der Waals surface area (Å²) in [5, 5.41) is 2.67. The molecule has 0 aliphatic carbocycles. The number of carbonyl (C=O) groups is 2. The predicted molar refractivity (Wildman–Crippen MR) is 95.5 cm³/mol. The van der Waals surface area contributed by atoms with Gasteiger partial charge in [-0.3, -0.25) is 4.79 Å². The molecule has 0 heterocycles. The van der Waals surface area contributed by atoms with E-state index in [0.717, 1.165) is 15.6 Å². The van der Waals surface area contributed by atoms with Gasteiger partial charge in [-0.2, -0.15) is 0 Å². The van der Waals surface area contributed by atoms with Crippen molar-refractivity contribution in [2.75, 3.05) is 19.0 Å². The van der Waals surface area contributed by atoms with E-state index >= 15 is 0 Å². The Kier molecular flexibility index (Phi) is 5.98. The summed E-state index contributed by atoms with van der Waals surface area (Å²) < 4.78 is 11.1. The van der Waals surface area contributed by atoms with E-state index in [1.807, 2.05) is 26.0 Å². The number of benzene rings is 2. The maximum Gasteiger partial charge on any atom is 0.339 e. The fraction of sp³-hybridized carbons (Fsp3) is 0.222. The number of amides is 1. The minimum Gasteiger partial charge on any atom is -0.482 e. The van der Waals surface area contributed by atoms with Gasteiger partial charge in [-0.05, 0) is 59.1 Å². The molecule has 2 aromatic rings. The van der Waals surface area contributed by atoms with Crippen molar-refractivity contribution in [1.29, 1.82) is 0 Å². The molecular formula is C18H18BrNO4. The lowest BCUT2D eigenvalue weighted by Crippen LogP contribution is -2.22. The average Bonchev–Trinajstić information content (AvgIpc) is 2.53. The molecular weight excluding hydrogens is 374 g/mol. The monoisotopic (exact) mass is 391 g/mol. The lowest BCUT2D eigenvalue weighted by atomic mass is 10.1. The topological polar surface area (TPSA) is 64.6 Å². The predicted octanol–water partition coefficient (Wildman–Crippen LogP) is 3.87. The van der Waals surface area contributed by atoms with Gasteiger partial charge in [0.15, 0.2) is 6.61 Å². The van der Waals surface area contributed by atoms with Crippen LogP contribution < -0.4 is 10.1 Å². The third kappa shape index (κ3) is 4.35. The Hall–Kier alpha value is -2.34. The number of anilines is 1. The van der Waals surface area contributed by atoms with Gasteiger partial charge < -0.3 is 14.8 Å². The molecule has 0 atom stereocenters. The summed E-state index contributed by atoms with van der Waals surface area (Å²) in [6, 6.07) is 10.5. The van der Waals surface area contributed by atoms with Gasteiger partial charge in [-0.15, -0.1) is 0 Å². The van der Waals surface area contributed by atoms with Gasteiger partial charge in [0.25, 0.3) is 5.91 Å². The molecule has 0 fully saturated rings. The van der Waals surface area contributed by atoms with Crippen molar-refractivity contribution in [3.63, 3.8) is 0 Å². The maximum absolute atomic E-state index is 12.1. The Labute approximate surface area is 149 Å². The molecule has 24 heavy (non-hydrogen) atoms. The molecule has 6 heteroatoms. The first kappa shape index (κ1) is 18.0. The van der Waals surface area contributed by atoms with Crippen LogP contribution in [0, 0.1) is 13.8 Å². The zero-order valence-corrected chi connectivity index (χ0v) is 15.3. The summed E-state index contributed by atoms with van der Waals surface area (Å²) in [4.78, 5) is 23.8. The Bertz CT molecular complexity index is 750. The molecule has 0 unspecified atom stereocenters. The van der Waals surface area contributed by atoms with Gasteiger partial charge in [-0.1, -0.05) is 18.2 Å². The molecule has 0 saturated carbocycles. The fourth-order valence-electron chi connectivity index (χ4n) is 2.29. The van der Waals surface area contributed by atoms with Gasteiger partial charge in [-0.25, -0.2) is 4.79 Å². The van der Waals surface area contributed by atoms with Crippen molar-refractivity contribution in [3.05, 3.63) is 57.6 Å². The molecule has 0 bridgehead atoms. The van der Waals surface area contributed by atoms with Gasteiger partial charge in [0, 0.05) is 0 Å². The van der Waals surface area contributed by atoms with Crippen LogP contribution in [-0.4, -0.2) is 25.6 Å². The Balaban J connectivity index is 2.06. The van der Waals surface area contributed by atoms with Crippen LogP contribution in [0.5, 0.6) is 5.75 Å². The molecule has 2 rings (SSSR count). The summed E-state index contributed by atoms with van der Waals surface area (Å²) in [6.07, 6.45) is 0. The van der Waals surface area contributed by atoms with Crippen molar-refractivity contribution in [3.8, 4) is 5.75 Å². The van der Waals surface area contributed by atoms with E-state index < -0.39 is 5.97 Å². The zero-order chi connectivity index (χ0) is 17.7. The van der Waals surface area contributed by atoms with Crippen LogP contribution >= 0.6 is 15.9 Å². The first-order valence-corrected chi connectivity index (χ1v) is 8.08. The first-order valence-electron chi connectivity index (χ1n) is 7.29. The second-order valence-electron chi connectivity index (χ2n) is 5.27. The Morgan fingerprint density at radius 2 is 1.88 bits per heavy atom. The summed E-state index contributed by atoms with van der Waals surface area (Å²) in [6.45, 7) is 3.73. The highest BCUT2D eigenvalue weighted by Gasteiger charge is 2.14. The molecule has 1 amide bonds. The Morgan fingerprint density at radius 1 is 1.17 bits per heavy atom. The highest BCUT2D eigenvalue weighted by molar-refractivity contribution is 9.10. The standard InChI is InChI=1S/C18H18BrNO4/c1-11-8-12(2)17(14(19)9-11)24-10-16(21)20-15-7-5-4-6-13(15)18(22)23-3/h4-9H,10H2,1-3H3,(H,20,21). The first-order chi connectivity index (χ1) is 11.4. The van der Waals surface area contributed by atoms with Crippen molar-refractivity contribution < 1.29 is 19.1 Å². The third-order valence-corrected chi connectivity index (χ3v) is 3.92. The highest BCUT2D eigenvalue weighted by atomic mass is 79.9. The van der Waals surface area contributed by atoms with Gasteiger partial charge in [0.1, 0.15) is 5.75 Å². The van der Waals surface area contributed by atoms with E-state index in [0.29, 0.717) is 17.0 Å². The second-order valence-corrected chi connectivity index (χ2v) is 6.12. The third-order valence-electron chi connectivity index (χ3n) is 3.33. The summed E-state index contributed by atoms with van der Waals surface area (Å²) in [7, 11) is 1.29. The minimum absolute atomic E-state index is 0.169. The molecule has 0 spiro atoms. The summed E-state index contributed by atoms with van der Waals surface area (Å²) >= 11 is 3.44. The van der Waals surface area contributed by atoms with Crippen molar-refractivity contribution in [1.82, 2.24) is 0 Å². The number of aryl methyl sites for hydroxylation is 2. The molecule has 0 radical (unpaired) electrons. The lowest BCUT2D eigenvalue weighted by Gasteiger charge is -2.13. The van der Waals surface area contributed by atoms with E-state index in [4.69, 9.17) is 9.47 Å². The average molecular weight is 392 g/mol. The number of halogens is 1. The van der Waals surface area contributed by atoms with Gasteiger partial charge in [0.2, 0.25) is 0 Å². The number of nitrogens with one attached hydrogen (secondary N) is 1. The van der Waals surface area contributed by atoms with Crippen LogP contribution in [0.4, 0.5) is 5.69 Å². The van der Waals surface area contributed by atoms with Crippen LogP contribution in [0.3, 0.4) is 0 Å². The molecule has 0 saturated heterocycles. The van der Waals surface area contributed by atoms with Crippen LogP contribution in [0.1, 0.15) is 21.5 Å². The molecule has 1 N–H and O–H groups in total. The number of rotatable bonds is 5. The number of hydrogen-bond acceptors (Lipinski definition) is 4. The number of ether oxygens (including phenoxy) is 2. The SMILES string of the molecule is COC(=O)c1ccccc1NC(=O)COc1c(C)cc(C)cc1Br. The molecule has 2 aromatic carbocycles. The molecule has 0 aromatic heterocycles. The van der Waals surface area contributed by atoms with Crippen molar-refractivity contribution in [2.45, 2.75) is 13.8 Å². The van der Waals surface area contributed by atoms with Crippen LogP contribution in [-0.2, 0) is 9.53 Å². The molecule has 126 valence electrons. The molecule has 0 aliphatic heterocycles. The number of methoxy groups -OCH3 is 1. The van der Waals surface area contributed by atoms with Gasteiger partial charge >= 0.3 is 5.97 Å². The van der Waals surface area contributed by atoms with Crippen LogP contribution in [0.25, 0.3) is 0 Å². The fourth-order valence-corrected chi connectivity index (χ4v) is 3.08. The van der Waals surface area contributed by atoms with E-state index in [1.165, 1.54) is 7.11 Å². The Morgan fingerprint density at radius 3 is 2.54 bits per heavy atom. The van der Waals surface area contributed by atoms with Crippen LogP contribution in [0.2, 0.25) is 0 Å². The number of hydrogen-bond donors (Lipinski definition) is 1. The minimum atomic E-state index is -0.510. The molecule has 5 nitrogen and oxygen atoms in total. The number of carbonyl (C=O) groups excluding carboxylic acids is 2. The number of para-hydroxylation sites is 1. The lowest BCUT2D eigenvalue weighted by molar-refractivity contribution is -0.118.